The summed E-state index contributed by atoms with van der Waals surface area (Å²) in [5.74, 6) is 0. The molecular weight excluding hydrogens is 168 g/mol. The van der Waals surface area contributed by atoms with E-state index in [1.807, 2.05) is 0 Å². The average molecular weight is 176 g/mol. The van der Waals surface area contributed by atoms with Crippen molar-refractivity contribution in [3.8, 4) is 0 Å². The molecule has 0 spiro atoms. The Morgan fingerprint density at radius 1 is 1.46 bits per heavy atom. The summed E-state index contributed by atoms with van der Waals surface area (Å²) in [4.78, 5) is 15.4. The van der Waals surface area contributed by atoms with Gasteiger partial charge in [0.05, 0.1) is 11.9 Å². The molecule has 0 radical (unpaired) electrons. The normalized spacial score (nSPS) is 10.5. The molecule has 0 atom stereocenters. The van der Waals surface area contributed by atoms with Crippen molar-refractivity contribution >= 4 is 11.3 Å². The van der Waals surface area contributed by atoms with Crippen LogP contribution in [0.5, 0.6) is 0 Å². The topological polar surface area (TPSA) is 73.3 Å². The van der Waals surface area contributed by atoms with E-state index in [0.29, 0.717) is 5.65 Å². The van der Waals surface area contributed by atoms with Crippen LogP contribution >= 0.6 is 0 Å². The molecule has 2 aromatic rings. The van der Waals surface area contributed by atoms with Crippen LogP contribution in [0.15, 0.2) is 23.1 Å². The summed E-state index contributed by atoms with van der Waals surface area (Å²) in [6.45, 7) is 1.80. The maximum atomic E-state index is 11.4. The number of hydrogen-bond acceptors (Lipinski definition) is 4. The zero-order valence-electron chi connectivity index (χ0n) is 7.06. The molecule has 0 amide bonds. The number of fused-ring (bicyclic) bond motifs is 1. The maximum absolute atomic E-state index is 11.4. The van der Waals surface area contributed by atoms with Crippen LogP contribution in [0.1, 0.15) is 5.69 Å². The van der Waals surface area contributed by atoms with Crippen molar-refractivity contribution in [1.82, 2.24) is 14.6 Å². The molecule has 2 N–H and O–H groups in total. The molecule has 0 aliphatic rings. The zero-order chi connectivity index (χ0) is 9.42. The average Bonchev–Trinajstić information content (AvgIpc) is 2.12. The minimum atomic E-state index is -0.325. The fraction of sp³-hybridized carbons (Fsp3) is 0.125. The Bertz CT molecular complexity index is 512. The van der Waals surface area contributed by atoms with E-state index in [4.69, 9.17) is 5.73 Å². The number of rotatable bonds is 0. The smallest absolute Gasteiger partial charge is 0.297 e. The van der Waals surface area contributed by atoms with E-state index < -0.39 is 0 Å². The van der Waals surface area contributed by atoms with Gasteiger partial charge in [0.1, 0.15) is 5.69 Å². The molecule has 13 heavy (non-hydrogen) atoms. The van der Waals surface area contributed by atoms with E-state index in [0.717, 1.165) is 5.69 Å². The predicted molar refractivity (Wildman–Crippen MR) is 48.4 cm³/mol. The van der Waals surface area contributed by atoms with Crippen molar-refractivity contribution in [2.45, 2.75) is 6.92 Å². The third-order valence-corrected chi connectivity index (χ3v) is 1.72. The molecule has 2 aromatic heterocycles. The van der Waals surface area contributed by atoms with Gasteiger partial charge in [-0.15, -0.1) is 0 Å². The first kappa shape index (κ1) is 7.72. The molecule has 0 fully saturated rings. The highest BCUT2D eigenvalue weighted by atomic mass is 16.1. The molecule has 66 valence electrons. The lowest BCUT2D eigenvalue weighted by atomic mass is 10.4. The number of nitrogens with two attached hydrogens (primary N) is 1. The van der Waals surface area contributed by atoms with Gasteiger partial charge >= 0.3 is 0 Å². The minimum absolute atomic E-state index is 0.107. The van der Waals surface area contributed by atoms with Crippen LogP contribution in [0.3, 0.4) is 0 Å². The van der Waals surface area contributed by atoms with Crippen molar-refractivity contribution < 1.29 is 0 Å². The third-order valence-electron chi connectivity index (χ3n) is 1.72. The summed E-state index contributed by atoms with van der Waals surface area (Å²) in [7, 11) is 0. The Morgan fingerprint density at radius 3 is 3.00 bits per heavy atom. The standard InChI is InChI=1S/C8H8N4O/c1-5-2-3-7-10-4-6(9)8(13)12(7)11-5/h2-4H,9H2,1H3. The van der Waals surface area contributed by atoms with Crippen molar-refractivity contribution in [3.05, 3.63) is 34.4 Å². The van der Waals surface area contributed by atoms with Gasteiger partial charge in [0.15, 0.2) is 5.65 Å². The molecule has 0 saturated carbocycles. The Labute approximate surface area is 73.8 Å². The fourth-order valence-electron chi connectivity index (χ4n) is 1.07. The molecule has 0 aliphatic heterocycles. The van der Waals surface area contributed by atoms with Crippen LogP contribution in [0.2, 0.25) is 0 Å². The summed E-state index contributed by atoms with van der Waals surface area (Å²) in [5, 5.41) is 4.00. The molecule has 0 aromatic carbocycles. The van der Waals surface area contributed by atoms with Gasteiger partial charge in [-0.3, -0.25) is 4.79 Å². The van der Waals surface area contributed by atoms with E-state index in [1.54, 1.807) is 19.1 Å². The molecule has 0 unspecified atom stereocenters. The van der Waals surface area contributed by atoms with Crippen molar-refractivity contribution in [2.24, 2.45) is 0 Å². The minimum Gasteiger partial charge on any atom is -0.393 e. The molecule has 0 aliphatic carbocycles. The van der Waals surface area contributed by atoms with E-state index in [-0.39, 0.29) is 11.2 Å². The number of aryl methyl sites for hydroxylation is 1. The van der Waals surface area contributed by atoms with Crippen LogP contribution in [0.4, 0.5) is 5.69 Å². The largest absolute Gasteiger partial charge is 0.393 e. The third kappa shape index (κ3) is 1.14. The van der Waals surface area contributed by atoms with E-state index in [1.165, 1.54) is 10.7 Å². The monoisotopic (exact) mass is 176 g/mol. The van der Waals surface area contributed by atoms with Crippen molar-refractivity contribution in [1.29, 1.82) is 0 Å². The van der Waals surface area contributed by atoms with Gasteiger partial charge in [0, 0.05) is 0 Å². The number of hydrogen-bond donors (Lipinski definition) is 1. The van der Waals surface area contributed by atoms with Gasteiger partial charge in [-0.25, -0.2) is 4.98 Å². The van der Waals surface area contributed by atoms with Crippen LogP contribution in [0, 0.1) is 6.92 Å². The summed E-state index contributed by atoms with van der Waals surface area (Å²) >= 11 is 0. The fourth-order valence-corrected chi connectivity index (χ4v) is 1.07. The van der Waals surface area contributed by atoms with E-state index >= 15 is 0 Å². The van der Waals surface area contributed by atoms with Gasteiger partial charge in [-0.1, -0.05) is 0 Å². The first-order chi connectivity index (χ1) is 6.18. The first-order valence-corrected chi connectivity index (χ1v) is 3.79. The molecule has 0 bridgehead atoms. The second kappa shape index (κ2) is 2.55. The summed E-state index contributed by atoms with van der Waals surface area (Å²) in [5.41, 5.74) is 6.44. The van der Waals surface area contributed by atoms with Crippen LogP contribution in [0.25, 0.3) is 5.65 Å². The van der Waals surface area contributed by atoms with Gasteiger partial charge in [0.25, 0.3) is 5.56 Å². The lowest BCUT2D eigenvalue weighted by Crippen LogP contribution is -2.20. The van der Waals surface area contributed by atoms with E-state index in [2.05, 4.69) is 10.1 Å². The SMILES string of the molecule is Cc1ccc2ncc(N)c(=O)n2n1. The Balaban J connectivity index is 2.97. The van der Waals surface area contributed by atoms with E-state index in [9.17, 15) is 4.79 Å². The highest BCUT2D eigenvalue weighted by Gasteiger charge is 2.01. The van der Waals surface area contributed by atoms with Gasteiger partial charge < -0.3 is 5.73 Å². The zero-order valence-corrected chi connectivity index (χ0v) is 7.06. The number of aromatic nitrogens is 3. The maximum Gasteiger partial charge on any atom is 0.297 e. The quantitative estimate of drug-likeness (QED) is 0.612. The van der Waals surface area contributed by atoms with Gasteiger partial charge in [-0.2, -0.15) is 9.61 Å². The first-order valence-electron chi connectivity index (χ1n) is 3.79. The predicted octanol–water partition coefficient (Wildman–Crippen LogP) is -0.0199. The van der Waals surface area contributed by atoms with Crippen molar-refractivity contribution in [2.75, 3.05) is 5.73 Å². The summed E-state index contributed by atoms with van der Waals surface area (Å²) < 4.78 is 1.20. The summed E-state index contributed by atoms with van der Waals surface area (Å²) in [6, 6.07) is 3.52. The van der Waals surface area contributed by atoms with Crippen molar-refractivity contribution in [3.63, 3.8) is 0 Å². The number of nitrogen functional groups attached to an aromatic ring is 1. The van der Waals surface area contributed by atoms with Crippen LogP contribution in [-0.4, -0.2) is 14.6 Å². The number of nitrogens with zero attached hydrogens (tertiary/aromatic N) is 3. The second-order valence-corrected chi connectivity index (χ2v) is 2.76. The summed E-state index contributed by atoms with van der Waals surface area (Å²) in [6.07, 6.45) is 1.34. The van der Waals surface area contributed by atoms with Gasteiger partial charge in [-0.05, 0) is 19.1 Å². The number of anilines is 1. The van der Waals surface area contributed by atoms with Crippen LogP contribution in [-0.2, 0) is 0 Å². The van der Waals surface area contributed by atoms with Crippen LogP contribution < -0.4 is 11.3 Å². The lowest BCUT2D eigenvalue weighted by molar-refractivity contribution is 0.845. The Hall–Kier alpha value is -1.91. The highest BCUT2D eigenvalue weighted by molar-refractivity contribution is 5.42. The molecule has 2 rings (SSSR count). The molecule has 2 heterocycles. The van der Waals surface area contributed by atoms with Gasteiger partial charge in [0.2, 0.25) is 0 Å². The molecular formula is C8H8N4O. The molecule has 0 saturated heterocycles. The highest BCUT2D eigenvalue weighted by Crippen LogP contribution is 1.97. The Morgan fingerprint density at radius 2 is 2.23 bits per heavy atom. The molecule has 5 heteroatoms. The second-order valence-electron chi connectivity index (χ2n) is 2.76. The molecule has 5 nitrogen and oxygen atoms in total. The lowest BCUT2D eigenvalue weighted by Gasteiger charge is -1.99. The Kier molecular flexibility index (Phi) is 1.51.